The fraction of sp³-hybridized carbons (Fsp3) is 0.368. The molecular formula is C19H21N5O2. The molecule has 4 heterocycles. The first-order valence-corrected chi connectivity index (χ1v) is 8.79. The number of methoxy groups -OCH3 is 1. The Morgan fingerprint density at radius 3 is 2.92 bits per heavy atom. The molecule has 1 aliphatic heterocycles. The van der Waals surface area contributed by atoms with Gasteiger partial charge in [-0.1, -0.05) is 0 Å². The predicted molar refractivity (Wildman–Crippen MR) is 96.1 cm³/mol. The van der Waals surface area contributed by atoms with Crippen LogP contribution in [0.3, 0.4) is 0 Å². The standard InChI is InChI=1S/C19H21N5O2/c1-13-11-17-21-15(8-10-24(17)22-13)16-5-3-4-9-23(16)19(25)14-6-7-18(26-2)20-12-14/h6-8,10-12,16H,3-5,9H2,1-2H3/t16-/m0/s1. The molecule has 26 heavy (non-hydrogen) atoms. The molecule has 1 saturated heterocycles. The van der Waals surface area contributed by atoms with E-state index in [1.807, 2.05) is 30.2 Å². The zero-order valence-corrected chi connectivity index (χ0v) is 14.9. The fourth-order valence-corrected chi connectivity index (χ4v) is 3.47. The Labute approximate surface area is 151 Å². The summed E-state index contributed by atoms with van der Waals surface area (Å²) in [6.45, 7) is 2.67. The molecule has 0 aromatic carbocycles. The van der Waals surface area contributed by atoms with Crippen molar-refractivity contribution in [2.75, 3.05) is 13.7 Å². The highest BCUT2D eigenvalue weighted by molar-refractivity contribution is 5.94. The summed E-state index contributed by atoms with van der Waals surface area (Å²) in [6.07, 6.45) is 6.48. The van der Waals surface area contributed by atoms with Gasteiger partial charge in [-0.05, 0) is 38.3 Å². The van der Waals surface area contributed by atoms with Gasteiger partial charge in [0.2, 0.25) is 5.88 Å². The number of ether oxygens (including phenoxy) is 1. The number of likely N-dealkylation sites (tertiary alicyclic amines) is 1. The van der Waals surface area contributed by atoms with Gasteiger partial charge >= 0.3 is 0 Å². The molecule has 1 atom stereocenters. The first-order valence-electron chi connectivity index (χ1n) is 8.79. The Morgan fingerprint density at radius 1 is 1.27 bits per heavy atom. The van der Waals surface area contributed by atoms with Crippen LogP contribution in [-0.4, -0.2) is 44.0 Å². The lowest BCUT2D eigenvalue weighted by Gasteiger charge is -2.35. The van der Waals surface area contributed by atoms with Gasteiger partial charge in [0.05, 0.1) is 30.1 Å². The highest BCUT2D eigenvalue weighted by Gasteiger charge is 2.30. The lowest BCUT2D eigenvalue weighted by Crippen LogP contribution is -2.39. The third-order valence-electron chi connectivity index (χ3n) is 4.77. The first-order chi connectivity index (χ1) is 12.7. The third-order valence-corrected chi connectivity index (χ3v) is 4.77. The number of nitrogens with zero attached hydrogens (tertiary/aromatic N) is 5. The van der Waals surface area contributed by atoms with Crippen LogP contribution < -0.4 is 4.74 Å². The molecule has 7 nitrogen and oxygen atoms in total. The van der Waals surface area contributed by atoms with Crippen molar-refractivity contribution in [3.63, 3.8) is 0 Å². The SMILES string of the molecule is COc1ccc(C(=O)N2CCCC[C@H]2c2ccn3nc(C)cc3n2)cn1. The quantitative estimate of drug-likeness (QED) is 0.725. The van der Waals surface area contributed by atoms with Crippen LogP contribution in [0.25, 0.3) is 5.65 Å². The molecule has 0 saturated carbocycles. The molecule has 0 radical (unpaired) electrons. The van der Waals surface area contributed by atoms with Crippen LogP contribution in [0.4, 0.5) is 0 Å². The number of piperidine rings is 1. The van der Waals surface area contributed by atoms with Gasteiger partial charge in [-0.3, -0.25) is 4.79 Å². The second kappa shape index (κ2) is 6.74. The smallest absolute Gasteiger partial charge is 0.255 e. The van der Waals surface area contributed by atoms with Crippen LogP contribution in [0.1, 0.15) is 47.1 Å². The van der Waals surface area contributed by atoms with Gasteiger partial charge in [0.25, 0.3) is 5.91 Å². The van der Waals surface area contributed by atoms with Crippen LogP contribution in [0.2, 0.25) is 0 Å². The van der Waals surface area contributed by atoms with E-state index < -0.39 is 0 Å². The molecule has 3 aromatic rings. The monoisotopic (exact) mass is 351 g/mol. The molecule has 0 bridgehead atoms. The van der Waals surface area contributed by atoms with Crippen molar-refractivity contribution < 1.29 is 9.53 Å². The molecular weight excluding hydrogens is 330 g/mol. The zero-order chi connectivity index (χ0) is 18.1. The van der Waals surface area contributed by atoms with Gasteiger partial charge in [-0.2, -0.15) is 5.10 Å². The number of hydrogen-bond donors (Lipinski definition) is 0. The maximum Gasteiger partial charge on any atom is 0.255 e. The fourth-order valence-electron chi connectivity index (χ4n) is 3.47. The Hall–Kier alpha value is -2.96. The van der Waals surface area contributed by atoms with Crippen molar-refractivity contribution >= 4 is 11.6 Å². The second-order valence-electron chi connectivity index (χ2n) is 6.54. The van der Waals surface area contributed by atoms with Gasteiger partial charge < -0.3 is 9.64 Å². The lowest BCUT2D eigenvalue weighted by atomic mass is 9.98. The van der Waals surface area contributed by atoms with E-state index in [9.17, 15) is 4.79 Å². The number of pyridine rings is 1. The van der Waals surface area contributed by atoms with Crippen molar-refractivity contribution in [2.45, 2.75) is 32.2 Å². The number of hydrogen-bond acceptors (Lipinski definition) is 5. The molecule has 7 heteroatoms. The van der Waals surface area contributed by atoms with E-state index in [2.05, 4.69) is 10.1 Å². The van der Waals surface area contributed by atoms with E-state index in [1.54, 1.807) is 30.0 Å². The average Bonchev–Trinajstić information content (AvgIpc) is 3.06. The number of amides is 1. The number of aryl methyl sites for hydroxylation is 1. The minimum atomic E-state index is -0.0291. The molecule has 0 spiro atoms. The van der Waals surface area contributed by atoms with Crippen LogP contribution in [0.15, 0.2) is 36.7 Å². The van der Waals surface area contributed by atoms with Crippen molar-refractivity contribution in [3.05, 3.63) is 53.6 Å². The predicted octanol–water partition coefficient (Wildman–Crippen LogP) is 2.81. The van der Waals surface area contributed by atoms with E-state index in [-0.39, 0.29) is 11.9 Å². The molecule has 0 unspecified atom stereocenters. The Bertz CT molecular complexity index is 935. The van der Waals surface area contributed by atoms with E-state index in [4.69, 9.17) is 9.72 Å². The van der Waals surface area contributed by atoms with Gasteiger partial charge in [-0.25, -0.2) is 14.5 Å². The van der Waals surface area contributed by atoms with Crippen LogP contribution in [0.5, 0.6) is 5.88 Å². The molecule has 3 aromatic heterocycles. The molecule has 1 amide bonds. The first kappa shape index (κ1) is 16.5. The molecule has 1 fully saturated rings. The van der Waals surface area contributed by atoms with Crippen LogP contribution in [-0.2, 0) is 0 Å². The maximum absolute atomic E-state index is 13.1. The van der Waals surface area contributed by atoms with E-state index in [0.717, 1.165) is 42.8 Å². The molecule has 4 rings (SSSR count). The highest BCUT2D eigenvalue weighted by atomic mass is 16.5. The number of carbonyl (C=O) groups excluding carboxylic acids is 1. The summed E-state index contributed by atoms with van der Waals surface area (Å²) in [5, 5.41) is 4.37. The summed E-state index contributed by atoms with van der Waals surface area (Å²) in [4.78, 5) is 23.9. The number of aromatic nitrogens is 4. The molecule has 0 N–H and O–H groups in total. The van der Waals surface area contributed by atoms with Crippen molar-refractivity contribution in [1.29, 1.82) is 0 Å². The minimum Gasteiger partial charge on any atom is -0.481 e. The van der Waals surface area contributed by atoms with Gasteiger partial charge in [-0.15, -0.1) is 0 Å². The Kier molecular flexibility index (Phi) is 4.28. The van der Waals surface area contributed by atoms with E-state index in [0.29, 0.717) is 11.4 Å². The molecule has 0 aliphatic carbocycles. The van der Waals surface area contributed by atoms with Crippen LogP contribution >= 0.6 is 0 Å². The minimum absolute atomic E-state index is 0.0174. The summed E-state index contributed by atoms with van der Waals surface area (Å²) < 4.78 is 6.84. The highest BCUT2D eigenvalue weighted by Crippen LogP contribution is 2.31. The summed E-state index contributed by atoms with van der Waals surface area (Å²) >= 11 is 0. The lowest BCUT2D eigenvalue weighted by molar-refractivity contribution is 0.0605. The van der Waals surface area contributed by atoms with Crippen molar-refractivity contribution in [1.82, 2.24) is 24.5 Å². The Morgan fingerprint density at radius 2 is 2.15 bits per heavy atom. The average molecular weight is 351 g/mol. The number of carbonyl (C=O) groups is 1. The third kappa shape index (κ3) is 3.00. The number of fused-ring (bicyclic) bond motifs is 1. The molecule has 1 aliphatic rings. The topological polar surface area (TPSA) is 72.6 Å². The summed E-state index contributed by atoms with van der Waals surface area (Å²) in [7, 11) is 1.56. The normalized spacial score (nSPS) is 17.5. The van der Waals surface area contributed by atoms with E-state index >= 15 is 0 Å². The van der Waals surface area contributed by atoms with Gasteiger partial charge in [0, 0.05) is 31.1 Å². The number of rotatable bonds is 3. The van der Waals surface area contributed by atoms with E-state index in [1.165, 1.54) is 0 Å². The van der Waals surface area contributed by atoms with Crippen molar-refractivity contribution in [2.24, 2.45) is 0 Å². The summed E-state index contributed by atoms with van der Waals surface area (Å²) in [5.74, 6) is 0.483. The van der Waals surface area contributed by atoms with Crippen molar-refractivity contribution in [3.8, 4) is 5.88 Å². The van der Waals surface area contributed by atoms with Crippen LogP contribution in [0, 0.1) is 6.92 Å². The zero-order valence-electron chi connectivity index (χ0n) is 14.9. The summed E-state index contributed by atoms with van der Waals surface area (Å²) in [5.41, 5.74) is 3.21. The van der Waals surface area contributed by atoms with Gasteiger partial charge in [0.1, 0.15) is 0 Å². The molecule has 134 valence electrons. The second-order valence-corrected chi connectivity index (χ2v) is 6.54. The summed E-state index contributed by atoms with van der Waals surface area (Å²) in [6, 6.07) is 7.36. The maximum atomic E-state index is 13.1. The largest absolute Gasteiger partial charge is 0.481 e. The van der Waals surface area contributed by atoms with Gasteiger partial charge in [0.15, 0.2) is 5.65 Å². The Balaban J connectivity index is 1.65.